The number of likely N-dealkylation sites (tertiary alicyclic amines) is 1. The molecule has 3 fully saturated rings. The van der Waals surface area contributed by atoms with E-state index in [0.717, 1.165) is 38.5 Å². The lowest BCUT2D eigenvalue weighted by Gasteiger charge is -2.37. The van der Waals surface area contributed by atoms with Crippen LogP contribution in [0.15, 0.2) is 12.7 Å². The van der Waals surface area contributed by atoms with Crippen LogP contribution in [0, 0.1) is 17.3 Å². The van der Waals surface area contributed by atoms with E-state index in [1.165, 1.54) is 11.0 Å². The first kappa shape index (κ1) is 40.0. The number of amides is 6. The minimum absolute atomic E-state index is 0.00886. The van der Waals surface area contributed by atoms with Crippen molar-refractivity contribution in [3.8, 4) is 0 Å². The van der Waals surface area contributed by atoms with E-state index in [4.69, 9.17) is 4.74 Å². The number of Topliss-reactive ketones (excluding diaryl/α,β-unsaturated/α-hetero) is 1. The summed E-state index contributed by atoms with van der Waals surface area (Å²) in [5, 5.41) is 11.2. The number of piperidine rings is 1. The number of ether oxygens (including phenoxy) is 1. The second kappa shape index (κ2) is 19.1. The van der Waals surface area contributed by atoms with Gasteiger partial charge >= 0.3 is 6.03 Å². The van der Waals surface area contributed by atoms with Crippen LogP contribution in [0.1, 0.15) is 98.8 Å². The first-order valence-electron chi connectivity index (χ1n) is 18.2. The number of hydrogen-bond acceptors (Lipinski definition) is 7. The Morgan fingerprint density at radius 3 is 2.43 bits per heavy atom. The predicted molar refractivity (Wildman–Crippen MR) is 186 cm³/mol. The molecule has 49 heavy (non-hydrogen) atoms. The normalized spacial score (nSPS) is 25.6. The topological polar surface area (TPSA) is 166 Å². The Kier molecular flexibility index (Phi) is 15.5. The van der Waals surface area contributed by atoms with E-state index < -0.39 is 47.7 Å². The number of carbonyl (C=O) groups excluding carboxylic acids is 6. The number of hydrogen-bond donors (Lipinski definition) is 4. The predicted octanol–water partition coefficient (Wildman–Crippen LogP) is 2.68. The molecule has 3 rings (SSSR count). The van der Waals surface area contributed by atoms with Crippen molar-refractivity contribution in [1.29, 1.82) is 0 Å². The number of urea groups is 1. The van der Waals surface area contributed by atoms with Crippen molar-refractivity contribution < 1.29 is 33.5 Å². The summed E-state index contributed by atoms with van der Waals surface area (Å²) in [6.45, 7) is 15.4. The van der Waals surface area contributed by atoms with E-state index in [0.29, 0.717) is 51.9 Å². The van der Waals surface area contributed by atoms with E-state index in [-0.39, 0.29) is 42.4 Å². The first-order valence-corrected chi connectivity index (χ1v) is 18.2. The number of rotatable bonds is 9. The van der Waals surface area contributed by atoms with Gasteiger partial charge in [0, 0.05) is 39.2 Å². The lowest BCUT2D eigenvalue weighted by Crippen LogP contribution is -2.60. The van der Waals surface area contributed by atoms with Crippen molar-refractivity contribution >= 4 is 35.4 Å². The Labute approximate surface area is 292 Å². The number of ketones is 1. The average molecular weight is 689 g/mol. The number of carbonyl (C=O) groups is 6. The van der Waals surface area contributed by atoms with Crippen LogP contribution in [-0.2, 0) is 28.7 Å². The highest BCUT2D eigenvalue weighted by Crippen LogP contribution is 2.30. The molecule has 0 unspecified atom stereocenters. The fourth-order valence-corrected chi connectivity index (χ4v) is 6.62. The van der Waals surface area contributed by atoms with Gasteiger partial charge in [-0.05, 0) is 49.4 Å². The SMILES string of the molecule is C=CCNC(=O)C(=O)[C@@H]1CCCCCCCOC[C@H](NC(=O)N[C@H](CN2CCCCC2=O)C(C)(C)C)C(=O)N2C[C@H](C(C)C)C[C@H]2C(=O)N1. The van der Waals surface area contributed by atoms with Gasteiger partial charge in [-0.25, -0.2) is 4.79 Å². The zero-order valence-corrected chi connectivity index (χ0v) is 30.3. The maximum atomic E-state index is 14.3. The molecule has 0 aromatic carbocycles. The average Bonchev–Trinajstić information content (AvgIpc) is 3.50. The molecule has 3 aliphatic heterocycles. The van der Waals surface area contributed by atoms with Crippen molar-refractivity contribution in [1.82, 2.24) is 31.1 Å². The van der Waals surface area contributed by atoms with Crippen LogP contribution in [0.4, 0.5) is 4.79 Å². The molecule has 13 nitrogen and oxygen atoms in total. The summed E-state index contributed by atoms with van der Waals surface area (Å²) in [7, 11) is 0. The molecule has 13 heteroatoms. The lowest BCUT2D eigenvalue weighted by atomic mass is 9.86. The molecule has 0 spiro atoms. The van der Waals surface area contributed by atoms with E-state index in [1.807, 2.05) is 34.6 Å². The van der Waals surface area contributed by atoms with E-state index >= 15 is 0 Å². The van der Waals surface area contributed by atoms with E-state index in [9.17, 15) is 28.8 Å². The zero-order chi connectivity index (χ0) is 36.1. The van der Waals surface area contributed by atoms with Crippen LogP contribution in [0.5, 0.6) is 0 Å². The maximum Gasteiger partial charge on any atom is 0.315 e. The third-order valence-electron chi connectivity index (χ3n) is 9.97. The van der Waals surface area contributed by atoms with Crippen LogP contribution >= 0.6 is 0 Å². The summed E-state index contributed by atoms with van der Waals surface area (Å²) in [5.41, 5.74) is -0.380. The standard InChI is InChI=1S/C36H60N6O7/c1-7-17-37-33(46)31(44)26-15-11-9-8-10-14-19-49-23-27(34(47)42-21-25(24(2)3)20-28(42)32(45)38-26)39-35(48)40-29(36(4,5)6)22-41-18-13-12-16-30(41)43/h7,24-29H,1,8-23H2,2-6H3,(H,37,46)(H,38,45)(H2,39,40,48)/t25-,26+,27+,28+,29-/m1/s1. The van der Waals surface area contributed by atoms with Gasteiger partial charge in [-0.2, -0.15) is 0 Å². The highest BCUT2D eigenvalue weighted by atomic mass is 16.5. The molecule has 6 amide bonds. The molecule has 3 aliphatic rings. The highest BCUT2D eigenvalue weighted by Gasteiger charge is 2.44. The summed E-state index contributed by atoms with van der Waals surface area (Å²) in [6, 6.07) is -3.93. The van der Waals surface area contributed by atoms with Crippen LogP contribution in [-0.4, -0.2) is 109 Å². The number of fused-ring (bicyclic) bond motifs is 1. The molecular weight excluding hydrogens is 628 g/mol. The van der Waals surface area contributed by atoms with Gasteiger partial charge in [0.2, 0.25) is 23.5 Å². The summed E-state index contributed by atoms with van der Waals surface area (Å²) in [5.74, 6) is -2.21. The van der Waals surface area contributed by atoms with Crippen LogP contribution in [0.3, 0.4) is 0 Å². The second-order valence-electron chi connectivity index (χ2n) is 15.2. The molecule has 276 valence electrons. The molecule has 0 aromatic rings. The minimum atomic E-state index is -1.08. The Bertz CT molecular complexity index is 1180. The minimum Gasteiger partial charge on any atom is -0.379 e. The zero-order valence-electron chi connectivity index (χ0n) is 30.3. The van der Waals surface area contributed by atoms with Gasteiger partial charge in [0.1, 0.15) is 12.1 Å². The smallest absolute Gasteiger partial charge is 0.315 e. The molecule has 5 atom stereocenters. The van der Waals surface area contributed by atoms with Gasteiger partial charge in [-0.3, -0.25) is 24.0 Å². The van der Waals surface area contributed by atoms with Crippen molar-refractivity contribution in [2.45, 2.75) is 123 Å². The monoisotopic (exact) mass is 688 g/mol. The second-order valence-corrected chi connectivity index (χ2v) is 15.2. The van der Waals surface area contributed by atoms with E-state index in [1.54, 1.807) is 4.90 Å². The van der Waals surface area contributed by atoms with E-state index in [2.05, 4.69) is 27.8 Å². The number of nitrogens with zero attached hydrogens (tertiary/aromatic N) is 2. The van der Waals surface area contributed by atoms with Crippen LogP contribution in [0.25, 0.3) is 0 Å². The van der Waals surface area contributed by atoms with Crippen molar-refractivity contribution in [2.24, 2.45) is 17.3 Å². The quantitative estimate of drug-likeness (QED) is 0.214. The summed E-state index contributed by atoms with van der Waals surface area (Å²) in [4.78, 5) is 83.3. The summed E-state index contributed by atoms with van der Waals surface area (Å²) >= 11 is 0. The molecular formula is C36H60N6O7. The van der Waals surface area contributed by atoms with Gasteiger partial charge in [0.15, 0.2) is 0 Å². The molecule has 0 saturated carbocycles. The van der Waals surface area contributed by atoms with Gasteiger partial charge in [-0.1, -0.05) is 66.4 Å². The highest BCUT2D eigenvalue weighted by molar-refractivity contribution is 6.38. The summed E-state index contributed by atoms with van der Waals surface area (Å²) in [6.07, 6.45) is 8.41. The van der Waals surface area contributed by atoms with Gasteiger partial charge < -0.3 is 35.8 Å². The summed E-state index contributed by atoms with van der Waals surface area (Å²) < 4.78 is 5.94. The first-order chi connectivity index (χ1) is 23.2. The van der Waals surface area contributed by atoms with Gasteiger partial charge in [0.25, 0.3) is 5.91 Å². The van der Waals surface area contributed by atoms with Crippen molar-refractivity contribution in [3.63, 3.8) is 0 Å². The fraction of sp³-hybridized carbons (Fsp3) is 0.778. The third kappa shape index (κ3) is 12.1. The van der Waals surface area contributed by atoms with Crippen LogP contribution < -0.4 is 21.3 Å². The molecule has 4 N–H and O–H groups in total. The lowest BCUT2D eigenvalue weighted by molar-refractivity contribution is -0.143. The largest absolute Gasteiger partial charge is 0.379 e. The molecule has 0 aliphatic carbocycles. The number of nitrogens with one attached hydrogen (secondary N) is 4. The molecule has 0 aromatic heterocycles. The molecule has 0 bridgehead atoms. The Morgan fingerprint density at radius 1 is 1.04 bits per heavy atom. The van der Waals surface area contributed by atoms with Crippen molar-refractivity contribution in [3.05, 3.63) is 12.7 Å². The fourth-order valence-electron chi connectivity index (χ4n) is 6.62. The van der Waals surface area contributed by atoms with Gasteiger partial charge in [-0.15, -0.1) is 6.58 Å². The van der Waals surface area contributed by atoms with Crippen LogP contribution in [0.2, 0.25) is 0 Å². The Hall–Kier alpha value is -3.48. The maximum absolute atomic E-state index is 14.3. The molecule has 3 saturated heterocycles. The third-order valence-corrected chi connectivity index (χ3v) is 9.97. The molecule has 3 heterocycles. The van der Waals surface area contributed by atoms with Crippen molar-refractivity contribution in [2.75, 3.05) is 39.4 Å². The molecule has 0 radical (unpaired) electrons. The Balaban J connectivity index is 1.84. The van der Waals surface area contributed by atoms with Gasteiger partial charge in [0.05, 0.1) is 18.7 Å². The Morgan fingerprint density at radius 2 is 1.76 bits per heavy atom.